The van der Waals surface area contributed by atoms with E-state index in [0.29, 0.717) is 11.1 Å². The highest BCUT2D eigenvalue weighted by molar-refractivity contribution is 6.70. The summed E-state index contributed by atoms with van der Waals surface area (Å²) < 4.78 is 13.3. The molecule has 1 aromatic carbocycles. The van der Waals surface area contributed by atoms with Gasteiger partial charge in [-0.15, -0.1) is 0 Å². The van der Waals surface area contributed by atoms with Crippen LogP contribution in [-0.4, -0.2) is 20.8 Å². The van der Waals surface area contributed by atoms with Gasteiger partial charge in [0, 0.05) is 6.42 Å². The molecule has 1 heterocycles. The van der Waals surface area contributed by atoms with E-state index in [9.17, 15) is 0 Å². The summed E-state index contributed by atoms with van der Waals surface area (Å²) in [7, 11) is -2.32. The molecule has 23 heavy (non-hydrogen) atoms. The molecule has 1 aliphatic rings. The van der Waals surface area contributed by atoms with Crippen LogP contribution in [-0.2, 0) is 15.3 Å². The summed E-state index contributed by atoms with van der Waals surface area (Å²) in [6.07, 6.45) is 9.55. The molecule has 0 amide bonds. The summed E-state index contributed by atoms with van der Waals surface area (Å²) >= 11 is 0. The van der Waals surface area contributed by atoms with Crippen LogP contribution in [0.4, 0.5) is 0 Å². The van der Waals surface area contributed by atoms with Gasteiger partial charge in [0.1, 0.15) is 0 Å². The lowest BCUT2D eigenvalue weighted by molar-refractivity contribution is 0.126. The quantitative estimate of drug-likeness (QED) is 0.531. The first kappa shape index (κ1) is 18.2. The Hall–Kier alpha value is -1.16. The first-order valence-electron chi connectivity index (χ1n) is 8.68. The zero-order valence-corrected chi connectivity index (χ0v) is 16.0. The summed E-state index contributed by atoms with van der Waals surface area (Å²) in [6.45, 7) is 11.0. The molecule has 0 unspecified atom stereocenters. The number of hydrogen-bond donors (Lipinski definition) is 0. The molecule has 2 nitrogen and oxygen atoms in total. The van der Waals surface area contributed by atoms with E-state index < -0.39 is 8.56 Å². The molecule has 0 spiro atoms. The Labute approximate surface area is 142 Å². The molecule has 1 aliphatic heterocycles. The van der Waals surface area contributed by atoms with Crippen molar-refractivity contribution in [3.05, 3.63) is 60.2 Å². The van der Waals surface area contributed by atoms with E-state index in [2.05, 4.69) is 82.3 Å². The number of rotatable bonds is 5. The van der Waals surface area contributed by atoms with Gasteiger partial charge in [0.05, 0.1) is 12.2 Å². The fourth-order valence-corrected chi connectivity index (χ4v) is 6.94. The van der Waals surface area contributed by atoms with Crippen LogP contribution in [0.5, 0.6) is 0 Å². The maximum atomic E-state index is 6.70. The summed E-state index contributed by atoms with van der Waals surface area (Å²) in [5.41, 5.74) is 2.13. The van der Waals surface area contributed by atoms with Gasteiger partial charge in [-0.2, -0.15) is 0 Å². The van der Waals surface area contributed by atoms with Gasteiger partial charge >= 0.3 is 8.56 Å². The number of benzene rings is 1. The molecule has 1 aromatic rings. The summed E-state index contributed by atoms with van der Waals surface area (Å²) in [6, 6.07) is 10.6. The normalized spacial score (nSPS) is 24.5. The van der Waals surface area contributed by atoms with Gasteiger partial charge in [0.15, 0.2) is 0 Å². The lowest BCUT2D eigenvalue weighted by atomic mass is 10.1. The van der Waals surface area contributed by atoms with Crippen molar-refractivity contribution >= 4 is 8.56 Å². The van der Waals surface area contributed by atoms with Crippen molar-refractivity contribution in [1.82, 2.24) is 0 Å². The largest absolute Gasteiger partial charge is 0.387 e. The molecular formula is C20H30O2Si. The van der Waals surface area contributed by atoms with Crippen molar-refractivity contribution in [2.75, 3.05) is 0 Å². The van der Waals surface area contributed by atoms with Crippen LogP contribution in [0.25, 0.3) is 0 Å². The predicted octanol–water partition coefficient (Wildman–Crippen LogP) is 5.41. The van der Waals surface area contributed by atoms with Gasteiger partial charge < -0.3 is 8.85 Å². The van der Waals surface area contributed by atoms with Crippen molar-refractivity contribution in [2.45, 2.75) is 64.3 Å². The van der Waals surface area contributed by atoms with E-state index in [-0.39, 0.29) is 12.2 Å². The second-order valence-corrected chi connectivity index (χ2v) is 11.1. The van der Waals surface area contributed by atoms with E-state index in [1.54, 1.807) is 0 Å². The van der Waals surface area contributed by atoms with E-state index in [1.165, 1.54) is 5.56 Å². The van der Waals surface area contributed by atoms with E-state index >= 15 is 0 Å². The van der Waals surface area contributed by atoms with E-state index in [1.807, 2.05) is 6.92 Å². The molecule has 0 saturated carbocycles. The minimum atomic E-state index is -2.32. The minimum absolute atomic E-state index is 0.0252. The Balaban J connectivity index is 2.30. The van der Waals surface area contributed by atoms with Gasteiger partial charge in [-0.05, 0) is 23.6 Å². The van der Waals surface area contributed by atoms with Crippen LogP contribution in [0.15, 0.2) is 54.6 Å². The van der Waals surface area contributed by atoms with Crippen LogP contribution in [0.2, 0.25) is 11.1 Å². The SMILES string of the molecule is C/C=C/[C@H]1C=C[C@H](Cc2ccccc2)O[Si](C(C)C)(C(C)C)O1. The van der Waals surface area contributed by atoms with Crippen LogP contribution in [0.3, 0.4) is 0 Å². The standard InChI is InChI=1S/C20H30O2Si/c1-6-10-19-13-14-20(15-18-11-8-7-9-12-18)22-23(21-19,16(2)3)17(4)5/h6-14,16-17,19-20H,15H2,1-5H3/b10-6+/t19-,20+/m0/s1. The molecule has 3 heteroatoms. The van der Waals surface area contributed by atoms with Crippen LogP contribution in [0.1, 0.15) is 40.2 Å². The lowest BCUT2D eigenvalue weighted by Gasteiger charge is -2.39. The van der Waals surface area contributed by atoms with Crippen LogP contribution in [0, 0.1) is 0 Å². The van der Waals surface area contributed by atoms with Gasteiger partial charge in [0.25, 0.3) is 0 Å². The van der Waals surface area contributed by atoms with Crippen LogP contribution < -0.4 is 0 Å². The molecule has 0 bridgehead atoms. The summed E-state index contributed by atoms with van der Waals surface area (Å²) in [5, 5.41) is 0. The smallest absolute Gasteiger partial charge is 0.344 e. The Morgan fingerprint density at radius 2 is 1.65 bits per heavy atom. The molecule has 2 rings (SSSR count). The van der Waals surface area contributed by atoms with Crippen molar-refractivity contribution in [1.29, 1.82) is 0 Å². The van der Waals surface area contributed by atoms with Crippen LogP contribution >= 0.6 is 0 Å². The fraction of sp³-hybridized carbons (Fsp3) is 0.500. The van der Waals surface area contributed by atoms with Gasteiger partial charge in [-0.3, -0.25) is 0 Å². The zero-order chi connectivity index (χ0) is 16.9. The van der Waals surface area contributed by atoms with Crippen molar-refractivity contribution in [3.63, 3.8) is 0 Å². The van der Waals surface area contributed by atoms with E-state index in [0.717, 1.165) is 6.42 Å². The molecule has 0 aliphatic carbocycles. The Morgan fingerprint density at radius 3 is 2.22 bits per heavy atom. The first-order valence-corrected chi connectivity index (χ1v) is 10.7. The zero-order valence-electron chi connectivity index (χ0n) is 15.0. The summed E-state index contributed by atoms with van der Waals surface area (Å²) in [4.78, 5) is 0. The average Bonchev–Trinajstić information content (AvgIpc) is 2.70. The molecule has 0 fully saturated rings. The Kier molecular flexibility index (Phi) is 6.39. The molecule has 2 atom stereocenters. The van der Waals surface area contributed by atoms with Gasteiger partial charge in [0.2, 0.25) is 0 Å². The van der Waals surface area contributed by atoms with Crippen molar-refractivity contribution in [2.24, 2.45) is 0 Å². The highest BCUT2D eigenvalue weighted by atomic mass is 28.4. The minimum Gasteiger partial charge on any atom is -0.387 e. The molecule has 0 N–H and O–H groups in total. The van der Waals surface area contributed by atoms with Crippen molar-refractivity contribution in [3.8, 4) is 0 Å². The average molecular weight is 331 g/mol. The Bertz CT molecular complexity index is 526. The fourth-order valence-electron chi connectivity index (χ4n) is 3.25. The lowest BCUT2D eigenvalue weighted by Crippen LogP contribution is -2.51. The molecule has 126 valence electrons. The molecule has 0 aromatic heterocycles. The molecule has 0 saturated heterocycles. The van der Waals surface area contributed by atoms with Gasteiger partial charge in [-0.25, -0.2) is 0 Å². The topological polar surface area (TPSA) is 18.5 Å². The third kappa shape index (κ3) is 4.43. The maximum Gasteiger partial charge on any atom is 0.344 e. The Morgan fingerprint density at radius 1 is 1.00 bits per heavy atom. The second kappa shape index (κ2) is 8.09. The third-order valence-electron chi connectivity index (χ3n) is 4.44. The van der Waals surface area contributed by atoms with Crippen molar-refractivity contribution < 1.29 is 8.85 Å². The summed E-state index contributed by atoms with van der Waals surface area (Å²) in [5.74, 6) is 0. The van der Waals surface area contributed by atoms with E-state index in [4.69, 9.17) is 8.85 Å². The highest BCUT2D eigenvalue weighted by Crippen LogP contribution is 2.38. The third-order valence-corrected chi connectivity index (χ3v) is 8.97. The van der Waals surface area contributed by atoms with Gasteiger partial charge in [-0.1, -0.05) is 82.3 Å². The second-order valence-electron chi connectivity index (χ2n) is 6.87. The number of allylic oxidation sites excluding steroid dienone is 1. The molecule has 0 radical (unpaired) electrons. The number of hydrogen-bond acceptors (Lipinski definition) is 2. The highest BCUT2D eigenvalue weighted by Gasteiger charge is 2.48. The maximum absolute atomic E-state index is 6.70. The molecular weight excluding hydrogens is 300 g/mol. The predicted molar refractivity (Wildman–Crippen MR) is 99.8 cm³/mol. The first-order chi connectivity index (χ1) is 11.0. The monoisotopic (exact) mass is 330 g/mol.